The second kappa shape index (κ2) is 10.1. The molecule has 7 heteroatoms. The summed E-state index contributed by atoms with van der Waals surface area (Å²) >= 11 is 11.8. The quantitative estimate of drug-likeness (QED) is 0.486. The second-order valence-electron chi connectivity index (χ2n) is 7.88. The lowest BCUT2D eigenvalue weighted by Crippen LogP contribution is -2.51. The number of rotatable bonds is 8. The summed E-state index contributed by atoms with van der Waals surface area (Å²) in [6.07, 6.45) is 3.78. The number of halogens is 2. The summed E-state index contributed by atoms with van der Waals surface area (Å²) in [6, 6.07) is 16.9. The van der Waals surface area contributed by atoms with Gasteiger partial charge in [0.15, 0.2) is 5.60 Å². The highest BCUT2D eigenvalue weighted by atomic mass is 35.5. The molecule has 0 aliphatic heterocycles. The molecule has 2 atom stereocenters. The molecule has 0 aliphatic rings. The zero-order valence-corrected chi connectivity index (χ0v) is 19.2. The van der Waals surface area contributed by atoms with Crippen molar-refractivity contribution in [3.63, 3.8) is 0 Å². The van der Waals surface area contributed by atoms with Crippen LogP contribution in [0.3, 0.4) is 0 Å². The lowest BCUT2D eigenvalue weighted by atomic mass is 9.87. The van der Waals surface area contributed by atoms with E-state index in [4.69, 9.17) is 27.9 Å². The summed E-state index contributed by atoms with van der Waals surface area (Å²) < 4.78 is 5.83. The number of hydrogen-bond donors (Lipinski definition) is 1. The van der Waals surface area contributed by atoms with Gasteiger partial charge in [0.05, 0.1) is 10.0 Å². The number of pyridine rings is 2. The van der Waals surface area contributed by atoms with Crippen LogP contribution in [0.5, 0.6) is 5.88 Å². The molecule has 0 unspecified atom stereocenters. The van der Waals surface area contributed by atoms with Crippen LogP contribution in [-0.2, 0) is 11.2 Å². The molecule has 0 radical (unpaired) electrons. The maximum atomic E-state index is 13.1. The first kappa shape index (κ1) is 23.0. The lowest BCUT2D eigenvalue weighted by Gasteiger charge is -2.30. The first-order valence-corrected chi connectivity index (χ1v) is 10.8. The van der Waals surface area contributed by atoms with E-state index in [1.165, 1.54) is 6.20 Å². The zero-order chi connectivity index (χ0) is 22.4. The Morgan fingerprint density at radius 2 is 1.65 bits per heavy atom. The SMILES string of the molecule is C[C@H](NC(=O)C(C)(C)Oc1ccc(Cl)cn1)[C@@H](Cc1ccc(Cl)cn1)c1ccccc1. The molecule has 0 spiro atoms. The number of nitrogens with zero attached hydrogens (tertiary/aromatic N) is 2. The van der Waals surface area contributed by atoms with Crippen molar-refractivity contribution in [1.82, 2.24) is 15.3 Å². The number of carbonyl (C=O) groups excluding carboxylic acids is 1. The monoisotopic (exact) mass is 457 g/mol. The maximum Gasteiger partial charge on any atom is 0.263 e. The van der Waals surface area contributed by atoms with E-state index in [1.54, 1.807) is 32.2 Å². The van der Waals surface area contributed by atoms with E-state index in [9.17, 15) is 4.79 Å². The van der Waals surface area contributed by atoms with Crippen molar-refractivity contribution < 1.29 is 9.53 Å². The standard InChI is InChI=1S/C24H25Cl2N3O2/c1-16(29-23(30)24(2,3)31-22-12-10-19(26)15-28-22)21(17-7-5-4-6-8-17)13-20-11-9-18(25)14-27-20/h4-12,14-16,21H,13H2,1-3H3,(H,29,30)/t16-,21+/m0/s1. The van der Waals surface area contributed by atoms with Gasteiger partial charge < -0.3 is 10.1 Å². The average Bonchev–Trinajstić information content (AvgIpc) is 2.75. The Hall–Kier alpha value is -2.63. The van der Waals surface area contributed by atoms with Crippen molar-refractivity contribution in [2.75, 3.05) is 0 Å². The van der Waals surface area contributed by atoms with E-state index >= 15 is 0 Å². The summed E-state index contributed by atoms with van der Waals surface area (Å²) in [5.74, 6) is 0.118. The summed E-state index contributed by atoms with van der Waals surface area (Å²) in [5.41, 5.74) is 0.903. The number of aromatic nitrogens is 2. The van der Waals surface area contributed by atoms with Crippen molar-refractivity contribution in [3.05, 3.63) is 88.3 Å². The van der Waals surface area contributed by atoms with E-state index < -0.39 is 5.60 Å². The van der Waals surface area contributed by atoms with Gasteiger partial charge >= 0.3 is 0 Å². The highest BCUT2D eigenvalue weighted by Crippen LogP contribution is 2.25. The van der Waals surface area contributed by atoms with E-state index in [1.807, 2.05) is 37.3 Å². The number of nitrogens with one attached hydrogen (secondary N) is 1. The minimum absolute atomic E-state index is 0.0169. The predicted molar refractivity (Wildman–Crippen MR) is 124 cm³/mol. The first-order valence-electron chi connectivity index (χ1n) is 10.0. The van der Waals surface area contributed by atoms with Crippen molar-refractivity contribution in [2.24, 2.45) is 0 Å². The van der Waals surface area contributed by atoms with Gasteiger partial charge in [-0.05, 0) is 51.0 Å². The van der Waals surface area contributed by atoms with Crippen LogP contribution in [0, 0.1) is 0 Å². The van der Waals surface area contributed by atoms with Crippen molar-refractivity contribution >= 4 is 29.1 Å². The smallest absolute Gasteiger partial charge is 0.263 e. The molecule has 1 N–H and O–H groups in total. The third-order valence-corrected chi connectivity index (χ3v) is 5.46. The molecule has 2 aromatic heterocycles. The molecule has 0 bridgehead atoms. The van der Waals surface area contributed by atoms with Crippen LogP contribution in [0.15, 0.2) is 67.0 Å². The molecular weight excluding hydrogens is 433 g/mol. The van der Waals surface area contributed by atoms with Crippen LogP contribution in [0.1, 0.15) is 37.9 Å². The number of ether oxygens (including phenoxy) is 1. The largest absolute Gasteiger partial charge is 0.462 e. The van der Waals surface area contributed by atoms with Crippen LogP contribution in [0.25, 0.3) is 0 Å². The summed E-state index contributed by atoms with van der Waals surface area (Å²) in [7, 11) is 0. The molecule has 31 heavy (non-hydrogen) atoms. The summed E-state index contributed by atoms with van der Waals surface area (Å²) in [6.45, 7) is 5.41. The molecule has 5 nitrogen and oxygen atoms in total. The van der Waals surface area contributed by atoms with Gasteiger partial charge in [-0.2, -0.15) is 0 Å². The highest BCUT2D eigenvalue weighted by Gasteiger charge is 2.33. The third kappa shape index (κ3) is 6.42. The van der Waals surface area contributed by atoms with Crippen LogP contribution in [0.4, 0.5) is 0 Å². The predicted octanol–water partition coefficient (Wildman–Crippen LogP) is 5.47. The van der Waals surface area contributed by atoms with Crippen LogP contribution < -0.4 is 10.1 Å². The molecular formula is C24H25Cl2N3O2. The molecule has 3 aromatic rings. The molecule has 0 aliphatic carbocycles. The Balaban J connectivity index is 1.75. The van der Waals surface area contributed by atoms with Crippen molar-refractivity contribution in [1.29, 1.82) is 0 Å². The van der Waals surface area contributed by atoms with E-state index in [-0.39, 0.29) is 17.9 Å². The fourth-order valence-corrected chi connectivity index (χ4v) is 3.47. The first-order chi connectivity index (χ1) is 14.7. The number of benzene rings is 1. The van der Waals surface area contributed by atoms with Gasteiger partial charge in [0.2, 0.25) is 5.88 Å². The van der Waals surface area contributed by atoms with E-state index in [0.717, 1.165) is 11.3 Å². The van der Waals surface area contributed by atoms with Crippen LogP contribution in [-0.4, -0.2) is 27.5 Å². The fraction of sp³-hybridized carbons (Fsp3) is 0.292. The molecule has 2 heterocycles. The zero-order valence-electron chi connectivity index (χ0n) is 17.7. The van der Waals surface area contributed by atoms with E-state index in [0.29, 0.717) is 22.3 Å². The molecule has 3 rings (SSSR count). The van der Waals surface area contributed by atoms with Gasteiger partial charge in [-0.3, -0.25) is 9.78 Å². The maximum absolute atomic E-state index is 13.1. The fourth-order valence-electron chi connectivity index (χ4n) is 3.25. The number of hydrogen-bond acceptors (Lipinski definition) is 4. The summed E-state index contributed by atoms with van der Waals surface area (Å²) in [5, 5.41) is 4.21. The van der Waals surface area contributed by atoms with Gasteiger partial charge in [0.25, 0.3) is 5.91 Å². The Kier molecular flexibility index (Phi) is 7.52. The van der Waals surface area contributed by atoms with Gasteiger partial charge in [-0.15, -0.1) is 0 Å². The molecule has 0 fully saturated rings. The van der Waals surface area contributed by atoms with Crippen molar-refractivity contribution in [3.8, 4) is 5.88 Å². The number of carbonyl (C=O) groups is 1. The van der Waals surface area contributed by atoms with Gasteiger partial charge in [0, 0.05) is 36.1 Å². The Morgan fingerprint density at radius 1 is 1.00 bits per heavy atom. The Labute approximate surface area is 192 Å². The molecule has 162 valence electrons. The topological polar surface area (TPSA) is 64.1 Å². The highest BCUT2D eigenvalue weighted by molar-refractivity contribution is 6.30. The third-order valence-electron chi connectivity index (χ3n) is 5.01. The molecule has 0 saturated carbocycles. The molecule has 0 saturated heterocycles. The average molecular weight is 458 g/mol. The normalized spacial score (nSPS) is 13.3. The molecule has 1 aromatic carbocycles. The minimum atomic E-state index is -1.12. The molecule has 1 amide bonds. The number of amides is 1. The van der Waals surface area contributed by atoms with Gasteiger partial charge in [-0.1, -0.05) is 53.5 Å². The van der Waals surface area contributed by atoms with Gasteiger partial charge in [0.1, 0.15) is 0 Å². The van der Waals surface area contributed by atoms with Gasteiger partial charge in [-0.25, -0.2) is 4.98 Å². The minimum Gasteiger partial charge on any atom is -0.462 e. The lowest BCUT2D eigenvalue weighted by molar-refractivity contribution is -0.135. The second-order valence-corrected chi connectivity index (χ2v) is 8.75. The summed E-state index contributed by atoms with van der Waals surface area (Å²) in [4.78, 5) is 21.6. The van der Waals surface area contributed by atoms with Crippen LogP contribution in [0.2, 0.25) is 10.0 Å². The van der Waals surface area contributed by atoms with Crippen molar-refractivity contribution in [2.45, 2.75) is 44.8 Å². The van der Waals surface area contributed by atoms with E-state index in [2.05, 4.69) is 27.4 Å². The Bertz CT molecular complexity index is 994. The van der Waals surface area contributed by atoms with Crippen LogP contribution >= 0.6 is 23.2 Å². The Morgan fingerprint density at radius 3 is 2.23 bits per heavy atom.